The fraction of sp³-hybridized carbons (Fsp3) is 0.333. The number of ketones is 1. The summed E-state index contributed by atoms with van der Waals surface area (Å²) in [6, 6.07) is 8.48. The van der Waals surface area contributed by atoms with Gasteiger partial charge in [0.2, 0.25) is 5.78 Å². The molecule has 3 rings (SSSR count). The van der Waals surface area contributed by atoms with Crippen LogP contribution in [0.15, 0.2) is 58.4 Å². The van der Waals surface area contributed by atoms with Gasteiger partial charge in [0.25, 0.3) is 5.91 Å². The lowest BCUT2D eigenvalue weighted by Gasteiger charge is -2.26. The summed E-state index contributed by atoms with van der Waals surface area (Å²) in [5.74, 6) is -1.63. The molecule has 0 aliphatic carbocycles. The van der Waals surface area contributed by atoms with E-state index < -0.39 is 23.5 Å². The van der Waals surface area contributed by atoms with E-state index in [1.165, 1.54) is 29.4 Å². The Morgan fingerprint density at radius 3 is 2.54 bits per heavy atom. The average molecular weight is 385 g/mol. The standard InChI is InChI=1S/C21H23NO6/c1-13(2)27-12-4-10-22-18(14-6-8-15(23)9-7-14)17(20(25)21(22)26)19(24)16-5-3-11-28-16/h3,5-9,11,13,18,23,25H,4,10,12H2,1-2H3. The number of amides is 1. The Balaban J connectivity index is 1.93. The van der Waals surface area contributed by atoms with Gasteiger partial charge in [-0.05, 0) is 50.1 Å². The maximum Gasteiger partial charge on any atom is 0.290 e. The molecule has 1 atom stereocenters. The Hall–Kier alpha value is -3.06. The molecule has 0 radical (unpaired) electrons. The van der Waals surface area contributed by atoms with E-state index in [0.717, 1.165) is 0 Å². The third-order valence-electron chi connectivity index (χ3n) is 4.50. The first kappa shape index (κ1) is 19.7. The van der Waals surface area contributed by atoms with Crippen molar-refractivity contribution in [2.24, 2.45) is 0 Å². The highest BCUT2D eigenvalue weighted by atomic mass is 16.5. The molecule has 0 fully saturated rings. The molecule has 0 spiro atoms. The zero-order valence-electron chi connectivity index (χ0n) is 15.8. The van der Waals surface area contributed by atoms with Gasteiger partial charge in [-0.2, -0.15) is 0 Å². The van der Waals surface area contributed by atoms with E-state index in [-0.39, 0.29) is 23.2 Å². The smallest absolute Gasteiger partial charge is 0.290 e. The number of carbonyl (C=O) groups is 2. The molecule has 2 aromatic rings. The van der Waals surface area contributed by atoms with Crippen LogP contribution in [-0.4, -0.2) is 46.1 Å². The van der Waals surface area contributed by atoms with Crippen LogP contribution < -0.4 is 0 Å². The first-order chi connectivity index (χ1) is 13.4. The molecule has 2 heterocycles. The van der Waals surface area contributed by atoms with Crippen LogP contribution in [0.1, 0.15) is 42.4 Å². The monoisotopic (exact) mass is 385 g/mol. The summed E-state index contributed by atoms with van der Waals surface area (Å²) in [6.07, 6.45) is 1.98. The first-order valence-electron chi connectivity index (χ1n) is 9.13. The average Bonchev–Trinajstić information content (AvgIpc) is 3.28. The highest BCUT2D eigenvalue weighted by molar-refractivity contribution is 6.15. The van der Waals surface area contributed by atoms with Crippen molar-refractivity contribution in [3.63, 3.8) is 0 Å². The van der Waals surface area contributed by atoms with Gasteiger partial charge < -0.3 is 24.3 Å². The molecule has 1 aromatic heterocycles. The number of phenolic OH excluding ortho intramolecular Hbond substituents is 1. The number of Topliss-reactive ketones (excluding diaryl/α,β-unsaturated/α-hetero) is 1. The Kier molecular flexibility index (Phi) is 5.84. The van der Waals surface area contributed by atoms with Crippen molar-refractivity contribution in [3.05, 3.63) is 65.3 Å². The quantitative estimate of drug-likeness (QED) is 0.534. The van der Waals surface area contributed by atoms with E-state index in [4.69, 9.17) is 9.15 Å². The Morgan fingerprint density at radius 2 is 1.93 bits per heavy atom. The normalized spacial score (nSPS) is 17.0. The number of hydrogen-bond acceptors (Lipinski definition) is 6. The molecule has 0 bridgehead atoms. The Morgan fingerprint density at radius 1 is 1.21 bits per heavy atom. The molecule has 0 saturated heterocycles. The zero-order chi connectivity index (χ0) is 20.3. The van der Waals surface area contributed by atoms with Gasteiger partial charge in [-0.15, -0.1) is 0 Å². The third kappa shape index (κ3) is 3.94. The van der Waals surface area contributed by atoms with Crippen molar-refractivity contribution in [2.45, 2.75) is 32.4 Å². The van der Waals surface area contributed by atoms with Crippen LogP contribution in [-0.2, 0) is 9.53 Å². The number of hydrogen-bond donors (Lipinski definition) is 2. The second-order valence-electron chi connectivity index (χ2n) is 6.83. The summed E-state index contributed by atoms with van der Waals surface area (Å²) in [5, 5.41) is 20.1. The van der Waals surface area contributed by atoms with Crippen molar-refractivity contribution >= 4 is 11.7 Å². The summed E-state index contributed by atoms with van der Waals surface area (Å²) in [4.78, 5) is 27.1. The van der Waals surface area contributed by atoms with E-state index >= 15 is 0 Å². The van der Waals surface area contributed by atoms with Gasteiger partial charge in [0.15, 0.2) is 11.5 Å². The summed E-state index contributed by atoms with van der Waals surface area (Å²) in [5.41, 5.74) is 0.574. The van der Waals surface area contributed by atoms with Gasteiger partial charge in [0, 0.05) is 13.2 Å². The minimum Gasteiger partial charge on any atom is -0.508 e. The van der Waals surface area contributed by atoms with Gasteiger partial charge in [-0.1, -0.05) is 12.1 Å². The molecule has 148 valence electrons. The first-order valence-corrected chi connectivity index (χ1v) is 9.13. The lowest BCUT2D eigenvalue weighted by atomic mass is 9.95. The van der Waals surface area contributed by atoms with E-state index in [9.17, 15) is 19.8 Å². The van der Waals surface area contributed by atoms with Crippen molar-refractivity contribution < 1.29 is 29.0 Å². The summed E-state index contributed by atoms with van der Waals surface area (Å²) in [7, 11) is 0. The molecule has 0 saturated carbocycles. The van der Waals surface area contributed by atoms with E-state index in [1.54, 1.807) is 18.2 Å². The maximum absolute atomic E-state index is 12.9. The van der Waals surface area contributed by atoms with Crippen molar-refractivity contribution in [1.82, 2.24) is 4.90 Å². The molecular weight excluding hydrogens is 362 g/mol. The highest BCUT2D eigenvalue weighted by Crippen LogP contribution is 2.39. The molecule has 1 aliphatic rings. The van der Waals surface area contributed by atoms with Gasteiger partial charge in [0.1, 0.15) is 5.75 Å². The highest BCUT2D eigenvalue weighted by Gasteiger charge is 2.44. The van der Waals surface area contributed by atoms with Crippen molar-refractivity contribution in [3.8, 4) is 5.75 Å². The van der Waals surface area contributed by atoms with Crippen LogP contribution in [0.4, 0.5) is 0 Å². The van der Waals surface area contributed by atoms with Crippen LogP contribution in [0.25, 0.3) is 0 Å². The predicted octanol–water partition coefficient (Wildman–Crippen LogP) is 3.38. The summed E-state index contributed by atoms with van der Waals surface area (Å²) >= 11 is 0. The fourth-order valence-electron chi connectivity index (χ4n) is 3.21. The molecule has 2 N–H and O–H groups in total. The molecule has 7 heteroatoms. The molecular formula is C21H23NO6. The lowest BCUT2D eigenvalue weighted by molar-refractivity contribution is -0.129. The van der Waals surface area contributed by atoms with Gasteiger partial charge in [-0.25, -0.2) is 0 Å². The third-order valence-corrected chi connectivity index (χ3v) is 4.50. The molecule has 1 aromatic carbocycles. The molecule has 1 aliphatic heterocycles. The Bertz CT molecular complexity index is 867. The number of aliphatic hydroxyl groups is 1. The van der Waals surface area contributed by atoms with Gasteiger partial charge in [0.05, 0.1) is 24.0 Å². The van der Waals surface area contributed by atoms with Crippen molar-refractivity contribution in [2.75, 3.05) is 13.2 Å². The van der Waals surface area contributed by atoms with Gasteiger partial charge >= 0.3 is 0 Å². The molecule has 1 amide bonds. The molecule has 1 unspecified atom stereocenters. The SMILES string of the molecule is CC(C)OCCCN1C(=O)C(O)=C(C(=O)c2ccco2)C1c1ccc(O)cc1. The maximum atomic E-state index is 12.9. The number of aliphatic hydroxyl groups excluding tert-OH is 1. The number of carbonyl (C=O) groups excluding carboxylic acids is 2. The number of phenols is 1. The number of furan rings is 1. The Labute approximate surface area is 162 Å². The van der Waals surface area contributed by atoms with Crippen LogP contribution in [0.2, 0.25) is 0 Å². The number of ether oxygens (including phenoxy) is 1. The summed E-state index contributed by atoms with van der Waals surface area (Å²) in [6.45, 7) is 4.60. The number of benzene rings is 1. The van der Waals surface area contributed by atoms with Crippen LogP contribution in [0.3, 0.4) is 0 Å². The number of rotatable bonds is 8. The number of nitrogens with zero attached hydrogens (tertiary/aromatic N) is 1. The minimum atomic E-state index is -0.773. The second kappa shape index (κ2) is 8.31. The molecule has 28 heavy (non-hydrogen) atoms. The minimum absolute atomic E-state index is 0.0320. The van der Waals surface area contributed by atoms with E-state index in [2.05, 4.69) is 0 Å². The van der Waals surface area contributed by atoms with Gasteiger partial charge in [-0.3, -0.25) is 9.59 Å². The van der Waals surface area contributed by atoms with E-state index in [0.29, 0.717) is 25.1 Å². The van der Waals surface area contributed by atoms with Crippen molar-refractivity contribution in [1.29, 1.82) is 0 Å². The predicted molar refractivity (Wildman–Crippen MR) is 101 cm³/mol. The summed E-state index contributed by atoms with van der Waals surface area (Å²) < 4.78 is 10.7. The van der Waals surface area contributed by atoms with Crippen LogP contribution in [0.5, 0.6) is 5.75 Å². The topological polar surface area (TPSA) is 100 Å². The number of aromatic hydroxyl groups is 1. The lowest BCUT2D eigenvalue weighted by Crippen LogP contribution is -2.32. The van der Waals surface area contributed by atoms with Crippen LogP contribution in [0, 0.1) is 0 Å². The second-order valence-corrected chi connectivity index (χ2v) is 6.83. The fourth-order valence-corrected chi connectivity index (χ4v) is 3.21. The van der Waals surface area contributed by atoms with Crippen LogP contribution >= 0.6 is 0 Å². The molecule has 7 nitrogen and oxygen atoms in total. The zero-order valence-corrected chi connectivity index (χ0v) is 15.8. The largest absolute Gasteiger partial charge is 0.508 e. The van der Waals surface area contributed by atoms with E-state index in [1.807, 2.05) is 13.8 Å².